The molecule has 0 saturated carbocycles. The highest BCUT2D eigenvalue weighted by molar-refractivity contribution is 5.66. The molecule has 0 fully saturated rings. The second-order valence-corrected chi connectivity index (χ2v) is 2.35. The van der Waals surface area contributed by atoms with Crippen LogP contribution in [0.5, 0.6) is 0 Å². The molecule has 1 atom stereocenters. The summed E-state index contributed by atoms with van der Waals surface area (Å²) in [6, 6.07) is 0. The average Bonchev–Trinajstić information content (AvgIpc) is 2.00. The number of rotatable bonds is 6. The highest BCUT2D eigenvalue weighted by Gasteiger charge is 2.10. The first-order valence-corrected chi connectivity index (χ1v) is 3.94. The number of carbonyl (C=O) groups is 1. The lowest BCUT2D eigenvalue weighted by Gasteiger charge is -2.15. The third-order valence-corrected chi connectivity index (χ3v) is 1.19. The van der Waals surface area contributed by atoms with E-state index in [0.29, 0.717) is 19.8 Å². The van der Waals surface area contributed by atoms with E-state index in [1.807, 2.05) is 6.92 Å². The lowest BCUT2D eigenvalue weighted by Crippen LogP contribution is -2.27. The molecule has 4 nitrogen and oxygen atoms in total. The van der Waals surface area contributed by atoms with E-state index >= 15 is 0 Å². The Kier molecular flexibility index (Phi) is 6.70. The summed E-state index contributed by atoms with van der Waals surface area (Å²) in [4.78, 5) is 10.6. The van der Waals surface area contributed by atoms with Gasteiger partial charge in [0.2, 0.25) is 0 Å². The van der Waals surface area contributed by atoms with E-state index in [1.54, 1.807) is 7.11 Å². The van der Waals surface area contributed by atoms with Crippen molar-refractivity contribution in [1.82, 2.24) is 0 Å². The summed E-state index contributed by atoms with van der Waals surface area (Å²) >= 11 is 0. The van der Waals surface area contributed by atoms with Gasteiger partial charge in [-0.15, -0.1) is 0 Å². The van der Waals surface area contributed by atoms with Crippen LogP contribution in [-0.2, 0) is 19.0 Å². The predicted molar refractivity (Wildman–Crippen MR) is 43.9 cm³/mol. The first-order chi connectivity index (χ1) is 5.70. The van der Waals surface area contributed by atoms with E-state index in [4.69, 9.17) is 14.2 Å². The molecule has 1 unspecified atom stereocenters. The lowest BCUT2D eigenvalue weighted by atomic mass is 10.4. The molecule has 0 spiro atoms. The molecule has 72 valence electrons. The van der Waals surface area contributed by atoms with Gasteiger partial charge in [-0.25, -0.2) is 0 Å². The molecular formula is C8H16O4. The zero-order valence-corrected chi connectivity index (χ0v) is 7.83. The summed E-state index contributed by atoms with van der Waals surface area (Å²) in [5.74, 6) is -0.309. The minimum Gasteiger partial charge on any atom is -0.458 e. The van der Waals surface area contributed by atoms with Crippen LogP contribution in [0.1, 0.15) is 13.8 Å². The monoisotopic (exact) mass is 176 g/mol. The van der Waals surface area contributed by atoms with Crippen LogP contribution in [0.3, 0.4) is 0 Å². The van der Waals surface area contributed by atoms with E-state index in [9.17, 15) is 4.79 Å². The summed E-state index contributed by atoms with van der Waals surface area (Å²) in [6.45, 7) is 4.64. The molecule has 0 aliphatic rings. The summed E-state index contributed by atoms with van der Waals surface area (Å²) < 4.78 is 14.8. The smallest absolute Gasteiger partial charge is 0.303 e. The van der Waals surface area contributed by atoms with Gasteiger partial charge in [-0.05, 0) is 6.92 Å². The number of carbonyl (C=O) groups excluding carboxylic acids is 1. The number of esters is 1. The second-order valence-electron chi connectivity index (χ2n) is 2.35. The normalized spacial score (nSPS) is 12.6. The van der Waals surface area contributed by atoms with Gasteiger partial charge in [0.25, 0.3) is 0 Å². The van der Waals surface area contributed by atoms with Crippen molar-refractivity contribution >= 4 is 5.97 Å². The van der Waals surface area contributed by atoms with Crippen molar-refractivity contribution < 1.29 is 19.0 Å². The maximum atomic E-state index is 10.6. The third kappa shape index (κ3) is 6.12. The van der Waals surface area contributed by atoms with Crippen LogP contribution in [0.4, 0.5) is 0 Å². The molecule has 0 amide bonds. The molecular weight excluding hydrogens is 160 g/mol. The minimum absolute atomic E-state index is 0.285. The Labute approximate surface area is 72.8 Å². The Morgan fingerprint density at radius 3 is 2.50 bits per heavy atom. The van der Waals surface area contributed by atoms with Crippen molar-refractivity contribution in [3.8, 4) is 0 Å². The zero-order valence-electron chi connectivity index (χ0n) is 7.83. The lowest BCUT2D eigenvalue weighted by molar-refractivity contribution is -0.152. The maximum absolute atomic E-state index is 10.6. The summed E-state index contributed by atoms with van der Waals surface area (Å²) in [6.07, 6.45) is -0.285. The third-order valence-electron chi connectivity index (χ3n) is 1.19. The van der Waals surface area contributed by atoms with Crippen molar-refractivity contribution in [1.29, 1.82) is 0 Å². The number of methoxy groups -OCH3 is 1. The van der Waals surface area contributed by atoms with Gasteiger partial charge in [-0.3, -0.25) is 4.79 Å². The fourth-order valence-corrected chi connectivity index (χ4v) is 0.786. The Bertz CT molecular complexity index is 124. The van der Waals surface area contributed by atoms with Crippen molar-refractivity contribution in [2.75, 3.05) is 26.9 Å². The predicted octanol–water partition coefficient (Wildman–Crippen LogP) is 0.601. The molecule has 0 aromatic carbocycles. The van der Waals surface area contributed by atoms with E-state index in [2.05, 4.69) is 0 Å². The number of hydrogen-bond donors (Lipinski definition) is 0. The Balaban J connectivity index is 3.61. The van der Waals surface area contributed by atoms with Crippen LogP contribution >= 0.6 is 0 Å². The van der Waals surface area contributed by atoms with Crippen molar-refractivity contribution in [3.05, 3.63) is 0 Å². The molecule has 0 rings (SSSR count). The standard InChI is InChI=1S/C8H16O4/c1-4-11-6-8(5-10-3)12-7(2)9/h8H,4-6H2,1-3H3. The van der Waals surface area contributed by atoms with E-state index < -0.39 is 0 Å². The topological polar surface area (TPSA) is 44.8 Å². The summed E-state index contributed by atoms with van der Waals surface area (Å²) in [5.41, 5.74) is 0. The molecule has 0 bridgehead atoms. The zero-order chi connectivity index (χ0) is 9.40. The van der Waals surface area contributed by atoms with E-state index in [-0.39, 0.29) is 12.1 Å². The van der Waals surface area contributed by atoms with Gasteiger partial charge in [0.15, 0.2) is 0 Å². The Morgan fingerprint density at radius 1 is 1.42 bits per heavy atom. The van der Waals surface area contributed by atoms with Gasteiger partial charge in [-0.2, -0.15) is 0 Å². The van der Waals surface area contributed by atoms with Crippen LogP contribution in [0.25, 0.3) is 0 Å². The fourth-order valence-electron chi connectivity index (χ4n) is 0.786. The number of ether oxygens (including phenoxy) is 3. The first-order valence-electron chi connectivity index (χ1n) is 3.94. The molecule has 0 aromatic rings. The van der Waals surface area contributed by atoms with Crippen molar-refractivity contribution in [2.24, 2.45) is 0 Å². The average molecular weight is 176 g/mol. The Hall–Kier alpha value is -0.610. The fraction of sp³-hybridized carbons (Fsp3) is 0.875. The molecule has 0 N–H and O–H groups in total. The second kappa shape index (κ2) is 7.06. The van der Waals surface area contributed by atoms with Crippen LogP contribution in [0.2, 0.25) is 0 Å². The van der Waals surface area contributed by atoms with Crippen molar-refractivity contribution in [2.45, 2.75) is 20.0 Å². The minimum atomic E-state index is -0.309. The van der Waals surface area contributed by atoms with Gasteiger partial charge >= 0.3 is 5.97 Å². The number of hydrogen-bond acceptors (Lipinski definition) is 4. The maximum Gasteiger partial charge on any atom is 0.303 e. The Morgan fingerprint density at radius 2 is 2.08 bits per heavy atom. The SMILES string of the molecule is CCOCC(COC)OC(C)=O. The van der Waals surface area contributed by atoms with Gasteiger partial charge in [-0.1, -0.05) is 0 Å². The molecule has 4 heteroatoms. The molecule has 12 heavy (non-hydrogen) atoms. The molecule has 0 saturated heterocycles. The molecule has 0 aliphatic carbocycles. The van der Waals surface area contributed by atoms with E-state index in [1.165, 1.54) is 6.92 Å². The molecule has 0 aromatic heterocycles. The van der Waals surface area contributed by atoms with E-state index in [0.717, 1.165) is 0 Å². The molecule has 0 heterocycles. The van der Waals surface area contributed by atoms with Gasteiger partial charge in [0, 0.05) is 20.6 Å². The highest BCUT2D eigenvalue weighted by Crippen LogP contribution is 1.95. The van der Waals surface area contributed by atoms with Gasteiger partial charge in [0.1, 0.15) is 6.10 Å². The molecule has 0 aliphatic heterocycles. The highest BCUT2D eigenvalue weighted by atomic mass is 16.6. The quantitative estimate of drug-likeness (QED) is 0.556. The van der Waals surface area contributed by atoms with Gasteiger partial charge in [0.05, 0.1) is 13.2 Å². The largest absolute Gasteiger partial charge is 0.458 e. The summed E-state index contributed by atoms with van der Waals surface area (Å²) in [7, 11) is 1.56. The van der Waals surface area contributed by atoms with Gasteiger partial charge < -0.3 is 14.2 Å². The summed E-state index contributed by atoms with van der Waals surface area (Å²) in [5, 5.41) is 0. The van der Waals surface area contributed by atoms with Crippen molar-refractivity contribution in [3.63, 3.8) is 0 Å². The van der Waals surface area contributed by atoms with Crippen LogP contribution < -0.4 is 0 Å². The molecule has 0 radical (unpaired) electrons. The van der Waals surface area contributed by atoms with Crippen LogP contribution in [0, 0.1) is 0 Å². The van der Waals surface area contributed by atoms with Crippen LogP contribution in [0.15, 0.2) is 0 Å². The first kappa shape index (κ1) is 11.4. The van der Waals surface area contributed by atoms with Crippen LogP contribution in [-0.4, -0.2) is 39.0 Å².